The number of hydrogen-bond donors (Lipinski definition) is 1. The van der Waals surface area contributed by atoms with Crippen LogP contribution >= 0.6 is 0 Å². The summed E-state index contributed by atoms with van der Waals surface area (Å²) >= 11 is 0. The third kappa shape index (κ3) is 7.06. The van der Waals surface area contributed by atoms with E-state index in [2.05, 4.69) is 20.6 Å². The highest BCUT2D eigenvalue weighted by molar-refractivity contribution is 5.98. The average molecular weight is 562 g/mol. The number of aryl methyl sites for hydroxylation is 1. The smallest absolute Gasteiger partial charge is 0.435 e. The predicted octanol–water partition coefficient (Wildman–Crippen LogP) is 4.47. The molecular formula is C24H25F7N6O2. The predicted molar refractivity (Wildman–Crippen MR) is 126 cm³/mol. The SMILES string of the molecule is CC1=CC(CCC(=O)Cc2cc(OCC(F)F)nc(N3CC(F)(F)C3)c2)=NNC1c1cn(C)nc1C(F)(F)F. The van der Waals surface area contributed by atoms with Crippen molar-refractivity contribution in [3.8, 4) is 5.88 Å². The van der Waals surface area contributed by atoms with Gasteiger partial charge in [-0.3, -0.25) is 14.9 Å². The lowest BCUT2D eigenvalue weighted by atomic mass is 9.96. The molecule has 0 bridgehead atoms. The number of anilines is 1. The molecule has 0 aromatic carbocycles. The van der Waals surface area contributed by atoms with Crippen molar-refractivity contribution in [3.63, 3.8) is 0 Å². The molecule has 8 nitrogen and oxygen atoms in total. The zero-order valence-corrected chi connectivity index (χ0v) is 20.9. The van der Waals surface area contributed by atoms with E-state index in [0.29, 0.717) is 16.8 Å². The van der Waals surface area contributed by atoms with Crippen LogP contribution in [-0.4, -0.2) is 58.3 Å². The number of aromatic nitrogens is 3. The second-order valence-electron chi connectivity index (χ2n) is 9.46. The molecule has 0 saturated carbocycles. The molecule has 0 spiro atoms. The van der Waals surface area contributed by atoms with E-state index in [1.807, 2.05) is 0 Å². The van der Waals surface area contributed by atoms with Crippen LogP contribution < -0.4 is 15.1 Å². The van der Waals surface area contributed by atoms with Crippen LogP contribution in [0.5, 0.6) is 5.88 Å². The lowest BCUT2D eigenvalue weighted by molar-refractivity contribution is -0.142. The van der Waals surface area contributed by atoms with Crippen molar-refractivity contribution in [2.75, 3.05) is 24.6 Å². The molecular weight excluding hydrogens is 537 g/mol. The van der Waals surface area contributed by atoms with Crippen LogP contribution in [0.4, 0.5) is 36.6 Å². The molecule has 0 amide bonds. The molecule has 1 fully saturated rings. The number of nitrogens with zero attached hydrogens (tertiary/aromatic N) is 5. The van der Waals surface area contributed by atoms with Gasteiger partial charge in [0.1, 0.15) is 11.6 Å². The molecule has 0 radical (unpaired) electrons. The molecule has 0 aliphatic carbocycles. The minimum absolute atomic E-state index is 0.0162. The summed E-state index contributed by atoms with van der Waals surface area (Å²) in [5, 5.41) is 7.64. The van der Waals surface area contributed by atoms with E-state index in [9.17, 15) is 35.5 Å². The molecule has 1 N–H and O–H groups in total. The Labute approximate surface area is 218 Å². The topological polar surface area (TPSA) is 84.6 Å². The number of ether oxygens (including phenoxy) is 1. The highest BCUT2D eigenvalue weighted by atomic mass is 19.4. The Morgan fingerprint density at radius 2 is 1.97 bits per heavy atom. The van der Waals surface area contributed by atoms with Crippen molar-refractivity contribution in [1.82, 2.24) is 20.2 Å². The number of nitrogens with one attached hydrogen (secondary N) is 1. The lowest BCUT2D eigenvalue weighted by Gasteiger charge is -2.39. The van der Waals surface area contributed by atoms with Crippen molar-refractivity contribution >= 4 is 17.3 Å². The van der Waals surface area contributed by atoms with Gasteiger partial charge in [-0.05, 0) is 36.6 Å². The van der Waals surface area contributed by atoms with Gasteiger partial charge in [0.15, 0.2) is 12.3 Å². The Kier molecular flexibility index (Phi) is 7.89. The molecule has 1 saturated heterocycles. The van der Waals surface area contributed by atoms with Gasteiger partial charge >= 0.3 is 6.18 Å². The summed E-state index contributed by atoms with van der Waals surface area (Å²) in [6, 6.07) is 1.90. The summed E-state index contributed by atoms with van der Waals surface area (Å²) in [5.74, 6) is -3.26. The van der Waals surface area contributed by atoms with Gasteiger partial charge in [0.05, 0.1) is 24.8 Å². The zero-order valence-electron chi connectivity index (χ0n) is 20.9. The van der Waals surface area contributed by atoms with Gasteiger partial charge in [0.25, 0.3) is 12.3 Å². The van der Waals surface area contributed by atoms with Gasteiger partial charge < -0.3 is 9.64 Å². The third-order valence-corrected chi connectivity index (χ3v) is 6.06. The highest BCUT2D eigenvalue weighted by Gasteiger charge is 2.44. The Morgan fingerprint density at radius 1 is 1.26 bits per heavy atom. The molecule has 212 valence electrons. The number of rotatable bonds is 10. The second kappa shape index (κ2) is 10.8. The van der Waals surface area contributed by atoms with Gasteiger partial charge in [-0.15, -0.1) is 0 Å². The van der Waals surface area contributed by atoms with Crippen molar-refractivity contribution in [2.24, 2.45) is 12.1 Å². The minimum Gasteiger partial charge on any atom is -0.472 e. The molecule has 1 atom stereocenters. The summed E-state index contributed by atoms with van der Waals surface area (Å²) in [4.78, 5) is 17.9. The largest absolute Gasteiger partial charge is 0.472 e. The molecule has 1 unspecified atom stereocenters. The van der Waals surface area contributed by atoms with E-state index in [-0.39, 0.29) is 42.3 Å². The molecule has 2 aromatic heterocycles. The summed E-state index contributed by atoms with van der Waals surface area (Å²) in [6.07, 6.45) is -4.47. The van der Waals surface area contributed by atoms with Crippen molar-refractivity contribution < 1.29 is 40.3 Å². The van der Waals surface area contributed by atoms with Crippen LogP contribution in [-0.2, 0) is 24.4 Å². The molecule has 2 aromatic rings. The molecule has 39 heavy (non-hydrogen) atoms. The molecule has 4 rings (SSSR count). The van der Waals surface area contributed by atoms with Crippen LogP contribution in [0, 0.1) is 0 Å². The van der Waals surface area contributed by atoms with Gasteiger partial charge in [0.2, 0.25) is 5.88 Å². The fraction of sp³-hybridized carbons (Fsp3) is 0.500. The number of carbonyl (C=O) groups excluding carboxylic acids is 1. The van der Waals surface area contributed by atoms with Crippen LogP contribution in [0.1, 0.15) is 42.6 Å². The first-order valence-corrected chi connectivity index (χ1v) is 11.9. The average Bonchev–Trinajstić information content (AvgIpc) is 3.21. The summed E-state index contributed by atoms with van der Waals surface area (Å²) in [7, 11) is 1.39. The lowest BCUT2D eigenvalue weighted by Crippen LogP contribution is -2.56. The van der Waals surface area contributed by atoms with E-state index in [1.165, 1.54) is 30.3 Å². The van der Waals surface area contributed by atoms with Crippen LogP contribution in [0.3, 0.4) is 0 Å². The maximum absolute atomic E-state index is 13.4. The van der Waals surface area contributed by atoms with Gasteiger partial charge in [0, 0.05) is 37.7 Å². The molecule has 15 heteroatoms. The number of hydrogen-bond acceptors (Lipinski definition) is 7. The fourth-order valence-corrected chi connectivity index (χ4v) is 4.30. The first-order chi connectivity index (χ1) is 18.2. The normalized spacial score (nSPS) is 18.8. The molecule has 4 heterocycles. The monoisotopic (exact) mass is 562 g/mol. The molecule has 2 aliphatic heterocycles. The summed E-state index contributed by atoms with van der Waals surface area (Å²) in [6.45, 7) is -0.480. The van der Waals surface area contributed by atoms with E-state index in [1.54, 1.807) is 13.0 Å². The number of allylic oxidation sites excluding steroid dienone is 1. The number of ketones is 1. The Morgan fingerprint density at radius 3 is 2.59 bits per heavy atom. The maximum Gasteiger partial charge on any atom is 0.435 e. The third-order valence-electron chi connectivity index (χ3n) is 6.06. The fourth-order valence-electron chi connectivity index (χ4n) is 4.30. The quantitative estimate of drug-likeness (QED) is 0.431. The first-order valence-electron chi connectivity index (χ1n) is 11.9. The Hall–Kier alpha value is -3.65. The minimum atomic E-state index is -4.64. The van der Waals surface area contributed by atoms with E-state index in [4.69, 9.17) is 4.74 Å². The van der Waals surface area contributed by atoms with Crippen molar-refractivity contribution in [3.05, 3.63) is 46.8 Å². The van der Waals surface area contributed by atoms with Crippen molar-refractivity contribution in [2.45, 2.75) is 50.8 Å². The van der Waals surface area contributed by atoms with Crippen LogP contribution in [0.25, 0.3) is 0 Å². The zero-order chi connectivity index (χ0) is 28.5. The number of Topliss-reactive ketones (excluding diaryl/α,β-unsaturated/α-hetero) is 1. The van der Waals surface area contributed by atoms with Gasteiger partial charge in [-0.25, -0.2) is 17.6 Å². The highest BCUT2D eigenvalue weighted by Crippen LogP contribution is 2.36. The van der Waals surface area contributed by atoms with Gasteiger partial charge in [-0.2, -0.15) is 28.4 Å². The number of alkyl halides is 7. The number of halogens is 7. The van der Waals surface area contributed by atoms with E-state index in [0.717, 1.165) is 4.68 Å². The van der Waals surface area contributed by atoms with E-state index >= 15 is 0 Å². The standard InChI is InChI=1S/C24H25F7N6O2/c1-13-5-15(33-34-21(13)17-9-36(2)35-22(17)24(29,30)31)3-4-16(38)6-14-7-19(37-11-23(27,28)12-37)32-20(8-14)39-10-18(25)26/h5,7-9,18,21,34H,3-4,6,10-12H2,1-2H3. The van der Waals surface area contributed by atoms with Crippen LogP contribution in [0.15, 0.2) is 35.1 Å². The first kappa shape index (κ1) is 28.4. The Bertz CT molecular complexity index is 1280. The second-order valence-corrected chi connectivity index (χ2v) is 9.46. The number of hydrazone groups is 1. The van der Waals surface area contributed by atoms with Gasteiger partial charge in [-0.1, -0.05) is 0 Å². The number of pyridine rings is 1. The number of carbonyl (C=O) groups is 1. The molecule has 2 aliphatic rings. The van der Waals surface area contributed by atoms with E-state index < -0.39 is 50.0 Å². The van der Waals surface area contributed by atoms with Crippen molar-refractivity contribution in [1.29, 1.82) is 0 Å². The summed E-state index contributed by atoms with van der Waals surface area (Å²) < 4.78 is 97.9. The van der Waals surface area contributed by atoms with Crippen LogP contribution in [0.2, 0.25) is 0 Å². The Balaban J connectivity index is 1.39. The summed E-state index contributed by atoms with van der Waals surface area (Å²) in [5.41, 5.74) is 2.98. The maximum atomic E-state index is 13.4.